The van der Waals surface area contributed by atoms with E-state index < -0.39 is 0 Å². The van der Waals surface area contributed by atoms with E-state index in [1.807, 2.05) is 31.2 Å². The highest BCUT2D eigenvalue weighted by molar-refractivity contribution is 5.75. The second-order valence-corrected chi connectivity index (χ2v) is 5.05. The highest BCUT2D eigenvalue weighted by atomic mass is 16.5. The molecule has 0 amide bonds. The minimum atomic E-state index is -0.0495. The summed E-state index contributed by atoms with van der Waals surface area (Å²) in [7, 11) is 0. The van der Waals surface area contributed by atoms with Crippen molar-refractivity contribution in [2.75, 3.05) is 0 Å². The second-order valence-electron chi connectivity index (χ2n) is 5.05. The van der Waals surface area contributed by atoms with E-state index in [1.54, 1.807) is 0 Å². The van der Waals surface area contributed by atoms with Gasteiger partial charge in [-0.2, -0.15) is 0 Å². The van der Waals surface area contributed by atoms with Gasteiger partial charge in [-0.15, -0.1) is 0 Å². The predicted molar refractivity (Wildman–Crippen MR) is 67.9 cm³/mol. The average molecular weight is 232 g/mol. The summed E-state index contributed by atoms with van der Waals surface area (Å²) in [6, 6.07) is 7.68. The van der Waals surface area contributed by atoms with Crippen molar-refractivity contribution in [1.29, 1.82) is 0 Å². The number of carbonyl (C=O) groups is 1. The molecule has 2 nitrogen and oxygen atoms in total. The lowest BCUT2D eigenvalue weighted by atomic mass is 9.80. The predicted octanol–water partition coefficient (Wildman–Crippen LogP) is 3.73. The number of ether oxygens (including phenoxy) is 1. The SMILES string of the molecule is Cc1ccccc1OC(=O)C1CCCCC1C. The van der Waals surface area contributed by atoms with Crippen LogP contribution in [-0.4, -0.2) is 5.97 Å². The van der Waals surface area contributed by atoms with Gasteiger partial charge in [0.2, 0.25) is 0 Å². The Balaban J connectivity index is 2.03. The van der Waals surface area contributed by atoms with Crippen molar-refractivity contribution >= 4 is 5.97 Å². The highest BCUT2D eigenvalue weighted by Crippen LogP contribution is 2.31. The minimum Gasteiger partial charge on any atom is -0.426 e. The smallest absolute Gasteiger partial charge is 0.314 e. The summed E-state index contributed by atoms with van der Waals surface area (Å²) in [4.78, 5) is 12.1. The zero-order valence-corrected chi connectivity index (χ0v) is 10.6. The van der Waals surface area contributed by atoms with Crippen molar-refractivity contribution in [3.05, 3.63) is 29.8 Å². The third kappa shape index (κ3) is 2.87. The highest BCUT2D eigenvalue weighted by Gasteiger charge is 2.29. The van der Waals surface area contributed by atoms with Crippen LogP contribution in [0.5, 0.6) is 5.75 Å². The lowest BCUT2D eigenvalue weighted by Gasteiger charge is -2.26. The summed E-state index contributed by atoms with van der Waals surface area (Å²) < 4.78 is 5.52. The summed E-state index contributed by atoms with van der Waals surface area (Å²) in [5, 5.41) is 0. The zero-order valence-electron chi connectivity index (χ0n) is 10.6. The molecular weight excluding hydrogens is 212 g/mol. The molecule has 0 aromatic heterocycles. The number of rotatable bonds is 2. The van der Waals surface area contributed by atoms with Gasteiger partial charge < -0.3 is 4.74 Å². The number of aryl methyl sites for hydroxylation is 1. The molecule has 1 aromatic rings. The minimum absolute atomic E-state index is 0.0495. The number of hydrogen-bond acceptors (Lipinski definition) is 2. The molecule has 0 N–H and O–H groups in total. The monoisotopic (exact) mass is 232 g/mol. The maximum absolute atomic E-state index is 12.1. The van der Waals surface area contributed by atoms with E-state index >= 15 is 0 Å². The molecule has 2 heteroatoms. The van der Waals surface area contributed by atoms with Crippen LogP contribution in [0.15, 0.2) is 24.3 Å². The van der Waals surface area contributed by atoms with Gasteiger partial charge in [0, 0.05) is 0 Å². The normalized spacial score (nSPS) is 24.4. The first-order valence-corrected chi connectivity index (χ1v) is 6.46. The molecule has 2 atom stereocenters. The molecule has 0 spiro atoms. The summed E-state index contributed by atoms with van der Waals surface area (Å²) in [5.41, 5.74) is 1.02. The molecule has 92 valence electrons. The molecule has 0 radical (unpaired) electrons. The molecule has 1 aliphatic rings. The fourth-order valence-electron chi connectivity index (χ4n) is 2.52. The molecule has 1 fully saturated rings. The number of carbonyl (C=O) groups excluding carboxylic acids is 1. The Labute approximate surface area is 103 Å². The van der Waals surface area contributed by atoms with Crippen LogP contribution in [0.4, 0.5) is 0 Å². The molecular formula is C15H20O2. The van der Waals surface area contributed by atoms with Crippen molar-refractivity contribution in [2.45, 2.75) is 39.5 Å². The molecule has 2 rings (SSSR count). The second kappa shape index (κ2) is 5.35. The van der Waals surface area contributed by atoms with Gasteiger partial charge in [-0.3, -0.25) is 4.79 Å². The Morgan fingerprint density at radius 3 is 2.65 bits per heavy atom. The quantitative estimate of drug-likeness (QED) is 0.573. The third-order valence-corrected chi connectivity index (χ3v) is 3.72. The van der Waals surface area contributed by atoms with Gasteiger partial charge in [-0.05, 0) is 37.3 Å². The molecule has 1 aromatic carbocycles. The number of hydrogen-bond donors (Lipinski definition) is 0. The van der Waals surface area contributed by atoms with Crippen LogP contribution in [0.2, 0.25) is 0 Å². The van der Waals surface area contributed by atoms with E-state index in [-0.39, 0.29) is 11.9 Å². The van der Waals surface area contributed by atoms with Gasteiger partial charge in [0.15, 0.2) is 0 Å². The maximum atomic E-state index is 12.1. The van der Waals surface area contributed by atoms with Crippen LogP contribution in [0.25, 0.3) is 0 Å². The van der Waals surface area contributed by atoms with Gasteiger partial charge in [-0.25, -0.2) is 0 Å². The maximum Gasteiger partial charge on any atom is 0.314 e. The van der Waals surface area contributed by atoms with E-state index in [4.69, 9.17) is 4.74 Å². The van der Waals surface area contributed by atoms with E-state index in [1.165, 1.54) is 6.42 Å². The largest absolute Gasteiger partial charge is 0.426 e. The number of para-hydroxylation sites is 1. The average Bonchev–Trinajstić information content (AvgIpc) is 2.32. The fraction of sp³-hybridized carbons (Fsp3) is 0.533. The van der Waals surface area contributed by atoms with Gasteiger partial charge >= 0.3 is 5.97 Å². The molecule has 0 heterocycles. The van der Waals surface area contributed by atoms with Crippen LogP contribution < -0.4 is 4.74 Å². The zero-order chi connectivity index (χ0) is 12.3. The number of esters is 1. The lowest BCUT2D eigenvalue weighted by Crippen LogP contribution is -2.29. The van der Waals surface area contributed by atoms with Crippen LogP contribution >= 0.6 is 0 Å². The van der Waals surface area contributed by atoms with Gasteiger partial charge in [0.25, 0.3) is 0 Å². The molecule has 17 heavy (non-hydrogen) atoms. The van der Waals surface area contributed by atoms with Gasteiger partial charge in [0.05, 0.1) is 5.92 Å². The molecule has 2 unspecified atom stereocenters. The molecule has 1 saturated carbocycles. The Morgan fingerprint density at radius 1 is 1.24 bits per heavy atom. The van der Waals surface area contributed by atoms with Crippen LogP contribution in [0.1, 0.15) is 38.2 Å². The topological polar surface area (TPSA) is 26.3 Å². The van der Waals surface area contributed by atoms with Gasteiger partial charge in [-0.1, -0.05) is 38.0 Å². The first kappa shape index (κ1) is 12.2. The Kier molecular flexibility index (Phi) is 3.82. The van der Waals surface area contributed by atoms with Gasteiger partial charge in [0.1, 0.15) is 5.75 Å². The molecule has 0 bridgehead atoms. The van der Waals surface area contributed by atoms with Crippen molar-refractivity contribution < 1.29 is 9.53 Å². The molecule has 1 aliphatic carbocycles. The molecule has 0 saturated heterocycles. The van der Waals surface area contributed by atoms with Crippen LogP contribution in [0, 0.1) is 18.8 Å². The van der Waals surface area contributed by atoms with Crippen molar-refractivity contribution in [1.82, 2.24) is 0 Å². The van der Waals surface area contributed by atoms with Crippen molar-refractivity contribution in [3.63, 3.8) is 0 Å². The van der Waals surface area contributed by atoms with E-state index in [9.17, 15) is 4.79 Å². The van der Waals surface area contributed by atoms with Crippen molar-refractivity contribution in [2.24, 2.45) is 11.8 Å². The summed E-state index contributed by atoms with van der Waals surface area (Å²) in [6.45, 7) is 4.12. The summed E-state index contributed by atoms with van der Waals surface area (Å²) in [5.74, 6) is 1.20. The number of benzene rings is 1. The van der Waals surface area contributed by atoms with Crippen LogP contribution in [-0.2, 0) is 4.79 Å². The fourth-order valence-corrected chi connectivity index (χ4v) is 2.52. The molecule has 0 aliphatic heterocycles. The van der Waals surface area contributed by atoms with Crippen LogP contribution in [0.3, 0.4) is 0 Å². The Bertz CT molecular complexity index is 398. The van der Waals surface area contributed by atoms with Crippen molar-refractivity contribution in [3.8, 4) is 5.75 Å². The van der Waals surface area contributed by atoms with E-state index in [2.05, 4.69) is 6.92 Å². The standard InChI is InChI=1S/C15H20O2/c1-11-7-3-5-9-13(11)15(16)17-14-10-6-4-8-12(14)2/h4,6,8,10-11,13H,3,5,7,9H2,1-2H3. The Hall–Kier alpha value is -1.31. The summed E-state index contributed by atoms with van der Waals surface area (Å²) in [6.07, 6.45) is 4.52. The first-order valence-electron chi connectivity index (χ1n) is 6.46. The Morgan fingerprint density at radius 2 is 1.94 bits per heavy atom. The third-order valence-electron chi connectivity index (χ3n) is 3.72. The van der Waals surface area contributed by atoms with E-state index in [0.717, 1.165) is 24.8 Å². The van der Waals surface area contributed by atoms with E-state index in [0.29, 0.717) is 11.7 Å². The lowest BCUT2D eigenvalue weighted by molar-refractivity contribution is -0.141. The summed E-state index contributed by atoms with van der Waals surface area (Å²) >= 11 is 0. The first-order chi connectivity index (χ1) is 8.18.